The molecule has 1 unspecified atom stereocenters. The highest BCUT2D eigenvalue weighted by atomic mass is 16.4. The van der Waals surface area contributed by atoms with E-state index in [2.05, 4.69) is 23.8 Å². The molecule has 0 amide bonds. The molecule has 82 valence electrons. The molecule has 0 aliphatic heterocycles. The molecule has 5 heteroatoms. The maximum Gasteiger partial charge on any atom is 0.338 e. The first-order valence-corrected chi connectivity index (χ1v) is 4.84. The number of nitrogens with zero attached hydrogens (tertiary/aromatic N) is 3. The van der Waals surface area contributed by atoms with Gasteiger partial charge in [0, 0.05) is 25.5 Å². The van der Waals surface area contributed by atoms with Gasteiger partial charge >= 0.3 is 5.97 Å². The SMILES string of the molecule is CCC(C)N(C)c1ncc(C(=O)O)cn1. The van der Waals surface area contributed by atoms with Crippen LogP contribution >= 0.6 is 0 Å². The first kappa shape index (κ1) is 11.4. The fourth-order valence-electron chi connectivity index (χ4n) is 1.08. The van der Waals surface area contributed by atoms with Crippen molar-refractivity contribution in [2.75, 3.05) is 11.9 Å². The standard InChI is InChI=1S/C10H15N3O2/c1-4-7(2)13(3)10-11-5-8(6-12-10)9(14)15/h5-7H,4H2,1-3H3,(H,14,15). The van der Waals surface area contributed by atoms with Gasteiger partial charge in [-0.25, -0.2) is 14.8 Å². The smallest absolute Gasteiger partial charge is 0.338 e. The van der Waals surface area contributed by atoms with Gasteiger partial charge in [-0.05, 0) is 13.3 Å². The zero-order valence-corrected chi connectivity index (χ0v) is 9.14. The van der Waals surface area contributed by atoms with E-state index >= 15 is 0 Å². The summed E-state index contributed by atoms with van der Waals surface area (Å²) in [6.45, 7) is 4.14. The Balaban J connectivity index is 2.84. The number of hydrogen-bond acceptors (Lipinski definition) is 4. The van der Waals surface area contributed by atoms with Gasteiger partial charge in [-0.1, -0.05) is 6.92 Å². The van der Waals surface area contributed by atoms with Crippen LogP contribution in [0.4, 0.5) is 5.95 Å². The van der Waals surface area contributed by atoms with Crippen LogP contribution in [-0.2, 0) is 0 Å². The third kappa shape index (κ3) is 2.65. The maximum atomic E-state index is 10.6. The van der Waals surface area contributed by atoms with Crippen LogP contribution in [0, 0.1) is 0 Å². The van der Waals surface area contributed by atoms with Gasteiger partial charge in [0.1, 0.15) is 0 Å². The third-order valence-electron chi connectivity index (χ3n) is 2.45. The number of carboxylic acids is 1. The topological polar surface area (TPSA) is 66.3 Å². The van der Waals surface area contributed by atoms with E-state index in [1.165, 1.54) is 12.4 Å². The number of aromatic carboxylic acids is 1. The lowest BCUT2D eigenvalue weighted by Gasteiger charge is -2.23. The highest BCUT2D eigenvalue weighted by Crippen LogP contribution is 2.10. The van der Waals surface area contributed by atoms with Crippen LogP contribution in [0.1, 0.15) is 30.6 Å². The molecule has 1 heterocycles. The second-order valence-corrected chi connectivity index (χ2v) is 3.45. The molecule has 5 nitrogen and oxygen atoms in total. The van der Waals surface area contributed by atoms with E-state index < -0.39 is 5.97 Å². The quantitative estimate of drug-likeness (QED) is 0.812. The monoisotopic (exact) mass is 209 g/mol. The van der Waals surface area contributed by atoms with Crippen molar-refractivity contribution in [2.24, 2.45) is 0 Å². The summed E-state index contributed by atoms with van der Waals surface area (Å²) in [6.07, 6.45) is 3.63. The lowest BCUT2D eigenvalue weighted by Crippen LogP contribution is -2.29. The molecule has 1 aromatic rings. The van der Waals surface area contributed by atoms with Crippen molar-refractivity contribution < 1.29 is 9.90 Å². The number of aromatic nitrogens is 2. The van der Waals surface area contributed by atoms with Crippen molar-refractivity contribution >= 4 is 11.9 Å². The molecule has 0 aliphatic carbocycles. The first-order chi connectivity index (χ1) is 7.06. The van der Waals surface area contributed by atoms with Crippen LogP contribution in [-0.4, -0.2) is 34.1 Å². The van der Waals surface area contributed by atoms with E-state index in [1.807, 2.05) is 11.9 Å². The van der Waals surface area contributed by atoms with Crippen molar-refractivity contribution in [1.82, 2.24) is 9.97 Å². The lowest BCUT2D eigenvalue weighted by atomic mass is 10.2. The largest absolute Gasteiger partial charge is 0.478 e. The molecule has 1 N–H and O–H groups in total. The molecule has 0 saturated carbocycles. The Morgan fingerprint density at radius 2 is 2.07 bits per heavy atom. The van der Waals surface area contributed by atoms with E-state index in [-0.39, 0.29) is 5.56 Å². The molecule has 0 spiro atoms. The molecule has 1 aromatic heterocycles. The highest BCUT2D eigenvalue weighted by molar-refractivity contribution is 5.86. The Hall–Kier alpha value is -1.65. The molecule has 0 bridgehead atoms. The summed E-state index contributed by atoms with van der Waals surface area (Å²) in [5, 5.41) is 8.68. The minimum Gasteiger partial charge on any atom is -0.478 e. The number of hydrogen-bond donors (Lipinski definition) is 1. The van der Waals surface area contributed by atoms with Gasteiger partial charge in [0.2, 0.25) is 5.95 Å². The number of carboxylic acid groups (broad SMARTS) is 1. The van der Waals surface area contributed by atoms with Crippen molar-refractivity contribution in [2.45, 2.75) is 26.3 Å². The Bertz CT molecular complexity index is 337. The molecule has 0 fully saturated rings. The van der Waals surface area contributed by atoms with Crippen LogP contribution in [0.25, 0.3) is 0 Å². The third-order valence-corrected chi connectivity index (χ3v) is 2.45. The summed E-state index contributed by atoms with van der Waals surface area (Å²) in [6, 6.07) is 0.334. The molecule has 0 aromatic carbocycles. The molecule has 0 aliphatic rings. The number of carbonyl (C=O) groups is 1. The zero-order valence-electron chi connectivity index (χ0n) is 9.14. The summed E-state index contributed by atoms with van der Waals surface area (Å²) in [7, 11) is 1.89. The van der Waals surface area contributed by atoms with Crippen molar-refractivity contribution in [3.8, 4) is 0 Å². The van der Waals surface area contributed by atoms with E-state index in [0.717, 1.165) is 6.42 Å². The molecular weight excluding hydrogens is 194 g/mol. The lowest BCUT2D eigenvalue weighted by molar-refractivity contribution is 0.0696. The Morgan fingerprint density at radius 3 is 2.47 bits per heavy atom. The van der Waals surface area contributed by atoms with E-state index in [0.29, 0.717) is 12.0 Å². The van der Waals surface area contributed by atoms with Crippen LogP contribution in [0.2, 0.25) is 0 Å². The fraction of sp³-hybridized carbons (Fsp3) is 0.500. The van der Waals surface area contributed by atoms with Crippen LogP contribution in [0.15, 0.2) is 12.4 Å². The number of anilines is 1. The van der Waals surface area contributed by atoms with Gasteiger partial charge in [-0.3, -0.25) is 0 Å². The second-order valence-electron chi connectivity index (χ2n) is 3.45. The van der Waals surface area contributed by atoms with Crippen LogP contribution in [0.3, 0.4) is 0 Å². The molecule has 15 heavy (non-hydrogen) atoms. The first-order valence-electron chi connectivity index (χ1n) is 4.84. The summed E-state index contributed by atoms with van der Waals surface area (Å²) < 4.78 is 0. The van der Waals surface area contributed by atoms with Crippen molar-refractivity contribution in [1.29, 1.82) is 0 Å². The Morgan fingerprint density at radius 1 is 1.53 bits per heavy atom. The van der Waals surface area contributed by atoms with Crippen LogP contribution in [0.5, 0.6) is 0 Å². The minimum atomic E-state index is -1.01. The predicted molar refractivity (Wildman–Crippen MR) is 57.1 cm³/mol. The minimum absolute atomic E-state index is 0.108. The van der Waals surface area contributed by atoms with E-state index in [1.54, 1.807) is 0 Å². The Labute approximate surface area is 88.8 Å². The van der Waals surface area contributed by atoms with Gasteiger partial charge in [0.15, 0.2) is 0 Å². The van der Waals surface area contributed by atoms with Crippen molar-refractivity contribution in [3.05, 3.63) is 18.0 Å². The van der Waals surface area contributed by atoms with Crippen LogP contribution < -0.4 is 4.90 Å². The zero-order chi connectivity index (χ0) is 11.4. The van der Waals surface area contributed by atoms with Gasteiger partial charge in [0.25, 0.3) is 0 Å². The normalized spacial score (nSPS) is 12.2. The average Bonchev–Trinajstić information content (AvgIpc) is 2.27. The molecule has 0 saturated heterocycles. The number of rotatable bonds is 4. The van der Waals surface area contributed by atoms with Gasteiger partial charge in [0.05, 0.1) is 5.56 Å². The van der Waals surface area contributed by atoms with Crippen molar-refractivity contribution in [3.63, 3.8) is 0 Å². The second kappa shape index (κ2) is 4.72. The van der Waals surface area contributed by atoms with Gasteiger partial charge < -0.3 is 10.0 Å². The Kier molecular flexibility index (Phi) is 3.60. The molecule has 1 atom stereocenters. The van der Waals surface area contributed by atoms with Gasteiger partial charge in [-0.15, -0.1) is 0 Å². The summed E-state index contributed by atoms with van der Waals surface area (Å²) >= 11 is 0. The molecule has 1 rings (SSSR count). The molecular formula is C10H15N3O2. The maximum absolute atomic E-state index is 10.6. The summed E-state index contributed by atoms with van der Waals surface area (Å²) in [4.78, 5) is 20.5. The van der Waals surface area contributed by atoms with Gasteiger partial charge in [-0.2, -0.15) is 0 Å². The summed E-state index contributed by atoms with van der Waals surface area (Å²) in [5.41, 5.74) is 0.108. The summed E-state index contributed by atoms with van der Waals surface area (Å²) in [5.74, 6) is -0.456. The average molecular weight is 209 g/mol. The fourth-order valence-corrected chi connectivity index (χ4v) is 1.08. The predicted octanol–water partition coefficient (Wildman–Crippen LogP) is 1.41. The molecule has 0 radical (unpaired) electrons. The highest BCUT2D eigenvalue weighted by Gasteiger charge is 2.11. The van der Waals surface area contributed by atoms with E-state index in [4.69, 9.17) is 5.11 Å². The van der Waals surface area contributed by atoms with E-state index in [9.17, 15) is 4.79 Å².